The van der Waals surface area contributed by atoms with Crippen LogP contribution in [0.15, 0.2) is 83.4 Å². The molecule has 132 valence electrons. The van der Waals surface area contributed by atoms with Gasteiger partial charge in [0.2, 0.25) is 5.69 Å². The predicted molar refractivity (Wildman–Crippen MR) is 103 cm³/mol. The minimum Gasteiger partial charge on any atom is -0.539 e. The average molecular weight is 354 g/mol. The molecule has 0 amide bonds. The Morgan fingerprint density at radius 1 is 0.852 bits per heavy atom. The molecule has 4 heteroatoms. The van der Waals surface area contributed by atoms with Gasteiger partial charge in [-0.25, -0.2) is 0 Å². The number of benzene rings is 3. The van der Waals surface area contributed by atoms with E-state index in [0.717, 1.165) is 22.4 Å². The van der Waals surface area contributed by atoms with Crippen LogP contribution in [0.2, 0.25) is 0 Å². The number of hydrogen-bond acceptors (Lipinski definition) is 3. The minimum absolute atomic E-state index is 0.409. The summed E-state index contributed by atoms with van der Waals surface area (Å²) in [6.45, 7) is 2.07. The molecule has 1 aromatic heterocycles. The second kappa shape index (κ2) is 7.30. The molecule has 0 saturated heterocycles. The van der Waals surface area contributed by atoms with E-state index in [1.54, 1.807) is 4.68 Å². The molecule has 0 aliphatic carbocycles. The zero-order chi connectivity index (χ0) is 18.6. The van der Waals surface area contributed by atoms with Gasteiger partial charge in [0.25, 0.3) is 5.69 Å². The number of aryl methyl sites for hydroxylation is 1. The van der Waals surface area contributed by atoms with E-state index >= 15 is 0 Å². The summed E-state index contributed by atoms with van der Waals surface area (Å²) < 4.78 is 6.53. The summed E-state index contributed by atoms with van der Waals surface area (Å²) in [6.07, 6.45) is 4.06. The molecule has 27 heavy (non-hydrogen) atoms. The van der Waals surface area contributed by atoms with Gasteiger partial charge >= 0.3 is 0 Å². The first kappa shape index (κ1) is 16.8. The van der Waals surface area contributed by atoms with Gasteiger partial charge in [0.15, 0.2) is 5.95 Å². The lowest BCUT2D eigenvalue weighted by Gasteiger charge is -2.01. The highest BCUT2D eigenvalue weighted by molar-refractivity contribution is 5.73. The zero-order valence-electron chi connectivity index (χ0n) is 14.9. The molecule has 0 saturated carbocycles. The van der Waals surface area contributed by atoms with Crippen molar-refractivity contribution in [3.8, 4) is 22.9 Å². The molecule has 0 spiro atoms. The molecule has 4 aromatic rings. The van der Waals surface area contributed by atoms with Crippen molar-refractivity contribution in [1.29, 1.82) is 0 Å². The molecule has 3 aromatic carbocycles. The van der Waals surface area contributed by atoms with E-state index in [1.165, 1.54) is 5.56 Å². The number of para-hydroxylation sites is 1. The van der Waals surface area contributed by atoms with Gasteiger partial charge in [-0.15, -0.1) is 0 Å². The van der Waals surface area contributed by atoms with Crippen LogP contribution < -0.4 is 9.79 Å². The van der Waals surface area contributed by atoms with Crippen LogP contribution in [0.4, 0.5) is 0 Å². The number of aromatic nitrogens is 2. The second-order valence-corrected chi connectivity index (χ2v) is 6.29. The third-order valence-corrected chi connectivity index (χ3v) is 4.36. The number of rotatable bonds is 4. The molecule has 0 radical (unpaired) electrons. The lowest BCUT2D eigenvalue weighted by atomic mass is 10.1. The Bertz CT molecular complexity index is 1080. The number of nitrogens with zero attached hydrogens (tertiary/aromatic N) is 2. The second-order valence-electron chi connectivity index (χ2n) is 6.29. The maximum atomic E-state index is 12.3. The standard InChI is InChI=1S/C23H18N2O2/c1-17-11-13-18(14-12-17)15-16-19-7-5-6-10-21(19)25-22(23(26)27-24-25)20-8-3-2-4-9-20/h2-16H,1H3/b16-15+. The highest BCUT2D eigenvalue weighted by Gasteiger charge is 2.23. The predicted octanol–water partition coefficient (Wildman–Crippen LogP) is 4.17. The highest BCUT2D eigenvalue weighted by atomic mass is 16.6. The Balaban J connectivity index is 1.78. The molecular weight excluding hydrogens is 336 g/mol. The topological polar surface area (TPSA) is 53.0 Å². The Hall–Kier alpha value is -3.66. The van der Waals surface area contributed by atoms with Gasteiger partial charge < -0.3 is 9.63 Å². The van der Waals surface area contributed by atoms with Gasteiger partial charge in [-0.05, 0) is 41.4 Å². The Morgan fingerprint density at radius 3 is 2.33 bits per heavy atom. The molecule has 4 nitrogen and oxygen atoms in total. The normalized spacial score (nSPS) is 11.1. The van der Waals surface area contributed by atoms with Gasteiger partial charge in [0.1, 0.15) is 0 Å². The van der Waals surface area contributed by atoms with Gasteiger partial charge in [-0.3, -0.25) is 0 Å². The highest BCUT2D eigenvalue weighted by Crippen LogP contribution is 2.25. The van der Waals surface area contributed by atoms with E-state index in [0.29, 0.717) is 5.69 Å². The van der Waals surface area contributed by atoms with E-state index < -0.39 is 5.95 Å². The first-order chi connectivity index (χ1) is 13.2. The molecular formula is C23H18N2O2. The first-order valence-electron chi connectivity index (χ1n) is 8.71. The summed E-state index contributed by atoms with van der Waals surface area (Å²) in [5.74, 6) is -0.460. The van der Waals surface area contributed by atoms with Gasteiger partial charge in [0.05, 0.1) is 10.8 Å². The van der Waals surface area contributed by atoms with Crippen molar-refractivity contribution in [2.75, 3.05) is 0 Å². The van der Waals surface area contributed by atoms with Crippen LogP contribution in [0.5, 0.6) is 5.95 Å². The van der Waals surface area contributed by atoms with Crippen LogP contribution in [0.3, 0.4) is 0 Å². The van der Waals surface area contributed by atoms with Gasteiger partial charge in [-0.2, -0.15) is 0 Å². The molecule has 0 fully saturated rings. The van der Waals surface area contributed by atoms with Crippen molar-refractivity contribution in [1.82, 2.24) is 5.27 Å². The van der Waals surface area contributed by atoms with E-state index in [-0.39, 0.29) is 0 Å². The summed E-state index contributed by atoms with van der Waals surface area (Å²) in [6, 6.07) is 25.5. The van der Waals surface area contributed by atoms with Crippen molar-refractivity contribution < 1.29 is 14.3 Å². The maximum absolute atomic E-state index is 12.3. The molecule has 0 aliphatic heterocycles. The minimum atomic E-state index is -0.460. The van der Waals surface area contributed by atoms with Crippen LogP contribution in [0.25, 0.3) is 29.1 Å². The average Bonchev–Trinajstić information content (AvgIpc) is 3.10. The fourth-order valence-corrected chi connectivity index (χ4v) is 2.93. The summed E-state index contributed by atoms with van der Waals surface area (Å²) >= 11 is 0. The van der Waals surface area contributed by atoms with Crippen LogP contribution in [-0.4, -0.2) is 5.27 Å². The third-order valence-electron chi connectivity index (χ3n) is 4.36. The van der Waals surface area contributed by atoms with Crippen molar-refractivity contribution in [3.05, 3.63) is 95.6 Å². The van der Waals surface area contributed by atoms with E-state index in [9.17, 15) is 5.11 Å². The van der Waals surface area contributed by atoms with Crippen molar-refractivity contribution in [2.45, 2.75) is 6.92 Å². The maximum Gasteiger partial charge on any atom is 0.270 e. The molecule has 4 rings (SSSR count). The largest absolute Gasteiger partial charge is 0.539 e. The van der Waals surface area contributed by atoms with Gasteiger partial charge in [-0.1, -0.05) is 66.2 Å². The van der Waals surface area contributed by atoms with E-state index in [4.69, 9.17) is 4.52 Å². The molecule has 0 atom stereocenters. The Labute approximate surface area is 157 Å². The van der Waals surface area contributed by atoms with Crippen LogP contribution in [-0.2, 0) is 0 Å². The summed E-state index contributed by atoms with van der Waals surface area (Å²) in [7, 11) is 0. The van der Waals surface area contributed by atoms with E-state index in [1.807, 2.05) is 66.7 Å². The fourth-order valence-electron chi connectivity index (χ4n) is 2.93. The molecule has 0 aliphatic rings. The quantitative estimate of drug-likeness (QED) is 0.408. The molecule has 0 bridgehead atoms. The monoisotopic (exact) mass is 354 g/mol. The fraction of sp³-hybridized carbons (Fsp3) is 0.0435. The van der Waals surface area contributed by atoms with Crippen LogP contribution in [0.1, 0.15) is 16.7 Å². The Morgan fingerprint density at radius 2 is 1.56 bits per heavy atom. The smallest absolute Gasteiger partial charge is 0.270 e. The van der Waals surface area contributed by atoms with Crippen molar-refractivity contribution in [3.63, 3.8) is 0 Å². The Kier molecular flexibility index (Phi) is 4.54. The van der Waals surface area contributed by atoms with E-state index in [2.05, 4.69) is 36.5 Å². The molecule has 0 unspecified atom stereocenters. The molecule has 1 heterocycles. The van der Waals surface area contributed by atoms with Crippen molar-refractivity contribution >= 4 is 12.2 Å². The summed E-state index contributed by atoms with van der Waals surface area (Å²) in [5, 5.41) is 16.3. The summed E-state index contributed by atoms with van der Waals surface area (Å²) in [4.78, 5) is 0. The molecule has 0 N–H and O–H groups in total. The van der Waals surface area contributed by atoms with Crippen molar-refractivity contribution in [2.24, 2.45) is 0 Å². The lowest BCUT2D eigenvalue weighted by molar-refractivity contribution is -0.660. The zero-order valence-corrected chi connectivity index (χ0v) is 14.9. The number of hydrogen-bond donors (Lipinski definition) is 0. The SMILES string of the molecule is Cc1ccc(/C=C/c2ccccc2-[n+]2noc([O-])c2-c2ccccc2)cc1. The first-order valence-corrected chi connectivity index (χ1v) is 8.71. The third kappa shape index (κ3) is 3.51. The lowest BCUT2D eigenvalue weighted by Crippen LogP contribution is -2.35. The van der Waals surface area contributed by atoms with Crippen LogP contribution >= 0.6 is 0 Å². The summed E-state index contributed by atoms with van der Waals surface area (Å²) in [5.41, 5.74) is 5.22. The van der Waals surface area contributed by atoms with Gasteiger partial charge in [0, 0.05) is 11.6 Å². The van der Waals surface area contributed by atoms with Crippen LogP contribution in [0, 0.1) is 6.92 Å².